The summed E-state index contributed by atoms with van der Waals surface area (Å²) in [5.74, 6) is -0.591. The highest BCUT2D eigenvalue weighted by atomic mass is 32.1. The SMILES string of the molecule is CCc1nc(CN2CCN(C(=O)C3=NN(c4ccccc4)C(C(N)=O)C3)CC2)cs1. The fourth-order valence-corrected chi connectivity index (χ4v) is 4.52. The standard InChI is InChI=1S/C21H26N6O2S/c1-2-19-23-15(14-30-19)13-25-8-10-26(11-9-25)21(29)17-12-18(20(22)28)27(24-17)16-6-4-3-5-7-16/h3-7,14,18H,2,8-13H2,1H3,(H2,22,28). The summed E-state index contributed by atoms with van der Waals surface area (Å²) in [4.78, 5) is 33.7. The van der Waals surface area contributed by atoms with Gasteiger partial charge in [0, 0.05) is 44.5 Å². The zero-order chi connectivity index (χ0) is 21.1. The summed E-state index contributed by atoms with van der Waals surface area (Å²) in [5.41, 5.74) is 7.82. The molecule has 4 rings (SSSR count). The molecule has 30 heavy (non-hydrogen) atoms. The molecule has 1 aromatic carbocycles. The number of hydrogen-bond donors (Lipinski definition) is 1. The number of carbonyl (C=O) groups excluding carboxylic acids is 2. The van der Waals surface area contributed by atoms with Gasteiger partial charge < -0.3 is 10.6 Å². The second kappa shape index (κ2) is 8.93. The monoisotopic (exact) mass is 426 g/mol. The van der Waals surface area contributed by atoms with Crippen LogP contribution in [0.5, 0.6) is 0 Å². The van der Waals surface area contributed by atoms with Gasteiger partial charge in [-0.15, -0.1) is 11.3 Å². The second-order valence-corrected chi connectivity index (χ2v) is 8.45. The fourth-order valence-electron chi connectivity index (χ4n) is 3.78. The van der Waals surface area contributed by atoms with Crippen LogP contribution in [0.2, 0.25) is 0 Å². The van der Waals surface area contributed by atoms with Crippen LogP contribution in [0.15, 0.2) is 40.8 Å². The Morgan fingerprint density at radius 3 is 2.53 bits per heavy atom. The Morgan fingerprint density at radius 2 is 1.90 bits per heavy atom. The first-order valence-electron chi connectivity index (χ1n) is 10.2. The lowest BCUT2D eigenvalue weighted by Gasteiger charge is -2.34. The third kappa shape index (κ3) is 4.36. The molecule has 3 heterocycles. The number of aromatic nitrogens is 1. The highest BCUT2D eigenvalue weighted by molar-refractivity contribution is 7.09. The normalized spacial score (nSPS) is 19.8. The molecule has 1 unspecified atom stereocenters. The average molecular weight is 427 g/mol. The van der Waals surface area contributed by atoms with Gasteiger partial charge in [0.1, 0.15) is 11.8 Å². The summed E-state index contributed by atoms with van der Waals surface area (Å²) < 4.78 is 0. The Kier molecular flexibility index (Phi) is 6.10. The van der Waals surface area contributed by atoms with Crippen LogP contribution in [-0.2, 0) is 22.6 Å². The lowest BCUT2D eigenvalue weighted by Crippen LogP contribution is -2.50. The molecule has 2 N–H and O–H groups in total. The molecule has 2 amide bonds. The van der Waals surface area contributed by atoms with Crippen LogP contribution < -0.4 is 10.7 Å². The lowest BCUT2D eigenvalue weighted by molar-refractivity contribution is -0.125. The van der Waals surface area contributed by atoms with Crippen LogP contribution in [0, 0.1) is 0 Å². The topological polar surface area (TPSA) is 95.1 Å². The number of rotatable bonds is 6. The minimum atomic E-state index is -0.634. The van der Waals surface area contributed by atoms with E-state index in [-0.39, 0.29) is 12.3 Å². The van der Waals surface area contributed by atoms with Crippen LogP contribution in [0.1, 0.15) is 24.0 Å². The molecular weight excluding hydrogens is 400 g/mol. The van der Waals surface area contributed by atoms with Crippen LogP contribution in [0.3, 0.4) is 0 Å². The Balaban J connectivity index is 1.38. The summed E-state index contributed by atoms with van der Waals surface area (Å²) in [7, 11) is 0. The lowest BCUT2D eigenvalue weighted by atomic mass is 10.1. The maximum atomic E-state index is 13.0. The van der Waals surface area contributed by atoms with Crippen molar-refractivity contribution >= 4 is 34.6 Å². The molecule has 1 saturated heterocycles. The number of primary amides is 1. The molecule has 0 aliphatic carbocycles. The van der Waals surface area contributed by atoms with Crippen LogP contribution in [0.4, 0.5) is 5.69 Å². The van der Waals surface area contributed by atoms with E-state index in [1.807, 2.05) is 35.2 Å². The Hall–Kier alpha value is -2.78. The molecule has 0 radical (unpaired) electrons. The van der Waals surface area contributed by atoms with Crippen molar-refractivity contribution in [3.63, 3.8) is 0 Å². The Bertz CT molecular complexity index is 936. The van der Waals surface area contributed by atoms with Crippen molar-refractivity contribution in [3.8, 4) is 0 Å². The molecule has 2 aliphatic rings. The minimum Gasteiger partial charge on any atom is -0.368 e. The minimum absolute atomic E-state index is 0.110. The van der Waals surface area contributed by atoms with Crippen molar-refractivity contribution in [2.75, 3.05) is 31.2 Å². The van der Waals surface area contributed by atoms with Crippen molar-refractivity contribution < 1.29 is 9.59 Å². The molecule has 1 atom stereocenters. The van der Waals surface area contributed by atoms with E-state index >= 15 is 0 Å². The zero-order valence-electron chi connectivity index (χ0n) is 17.0. The number of para-hydroxylation sites is 1. The summed E-state index contributed by atoms with van der Waals surface area (Å²) in [6.45, 7) is 5.77. The molecule has 2 aromatic rings. The molecule has 1 aromatic heterocycles. The van der Waals surface area contributed by atoms with Gasteiger partial charge >= 0.3 is 0 Å². The van der Waals surface area contributed by atoms with E-state index in [0.717, 1.165) is 42.4 Å². The maximum Gasteiger partial charge on any atom is 0.270 e. The van der Waals surface area contributed by atoms with Gasteiger partial charge in [-0.1, -0.05) is 25.1 Å². The van der Waals surface area contributed by atoms with Gasteiger partial charge in [0.15, 0.2) is 0 Å². The van der Waals surface area contributed by atoms with E-state index < -0.39 is 11.9 Å². The first-order chi connectivity index (χ1) is 14.5. The molecule has 158 valence electrons. The van der Waals surface area contributed by atoms with Crippen molar-refractivity contribution in [1.82, 2.24) is 14.8 Å². The van der Waals surface area contributed by atoms with Crippen LogP contribution in [-0.4, -0.2) is 64.5 Å². The van der Waals surface area contributed by atoms with E-state index in [1.165, 1.54) is 0 Å². The number of carbonyl (C=O) groups is 2. The molecule has 2 aliphatic heterocycles. The number of benzene rings is 1. The second-order valence-electron chi connectivity index (χ2n) is 7.50. The maximum absolute atomic E-state index is 13.0. The number of nitrogens with zero attached hydrogens (tertiary/aromatic N) is 5. The van der Waals surface area contributed by atoms with Gasteiger partial charge in [-0.05, 0) is 18.6 Å². The van der Waals surface area contributed by atoms with Gasteiger partial charge in [-0.2, -0.15) is 5.10 Å². The van der Waals surface area contributed by atoms with Crippen molar-refractivity contribution in [1.29, 1.82) is 0 Å². The number of aryl methyl sites for hydroxylation is 1. The third-order valence-electron chi connectivity index (χ3n) is 5.45. The van der Waals surface area contributed by atoms with E-state index in [4.69, 9.17) is 5.73 Å². The third-order valence-corrected chi connectivity index (χ3v) is 6.50. The predicted octanol–water partition coefficient (Wildman–Crippen LogP) is 1.47. The van der Waals surface area contributed by atoms with E-state index in [9.17, 15) is 9.59 Å². The molecule has 0 bridgehead atoms. The molecular formula is C21H26N6O2S. The summed E-state index contributed by atoms with van der Waals surface area (Å²) in [6.07, 6.45) is 1.20. The molecule has 8 nitrogen and oxygen atoms in total. The van der Waals surface area contributed by atoms with Gasteiger partial charge in [-0.3, -0.25) is 19.5 Å². The Labute approximate surface area is 180 Å². The zero-order valence-corrected chi connectivity index (χ0v) is 17.8. The number of nitrogens with two attached hydrogens (primary N) is 1. The highest BCUT2D eigenvalue weighted by Gasteiger charge is 2.37. The molecule has 9 heteroatoms. The number of amides is 2. The summed E-state index contributed by atoms with van der Waals surface area (Å²) in [5, 5.41) is 9.31. The summed E-state index contributed by atoms with van der Waals surface area (Å²) >= 11 is 1.70. The average Bonchev–Trinajstić information content (AvgIpc) is 3.42. The van der Waals surface area contributed by atoms with Crippen LogP contribution in [0.25, 0.3) is 0 Å². The number of hydrogen-bond acceptors (Lipinski definition) is 7. The van der Waals surface area contributed by atoms with Crippen molar-refractivity contribution in [3.05, 3.63) is 46.4 Å². The van der Waals surface area contributed by atoms with Gasteiger partial charge in [-0.25, -0.2) is 4.98 Å². The highest BCUT2D eigenvalue weighted by Crippen LogP contribution is 2.25. The predicted molar refractivity (Wildman–Crippen MR) is 117 cm³/mol. The van der Waals surface area contributed by atoms with Crippen molar-refractivity contribution in [2.24, 2.45) is 10.8 Å². The van der Waals surface area contributed by atoms with Crippen LogP contribution >= 0.6 is 11.3 Å². The van der Waals surface area contributed by atoms with Crippen molar-refractivity contribution in [2.45, 2.75) is 32.4 Å². The molecule has 0 saturated carbocycles. The number of thiazole rings is 1. The largest absolute Gasteiger partial charge is 0.368 e. The number of piperazine rings is 1. The van der Waals surface area contributed by atoms with E-state index in [0.29, 0.717) is 18.8 Å². The first kappa shape index (κ1) is 20.5. The van der Waals surface area contributed by atoms with E-state index in [1.54, 1.807) is 16.3 Å². The fraction of sp³-hybridized carbons (Fsp3) is 0.429. The Morgan fingerprint density at radius 1 is 1.17 bits per heavy atom. The molecule has 1 fully saturated rings. The van der Waals surface area contributed by atoms with Gasteiger partial charge in [0.2, 0.25) is 5.91 Å². The first-order valence-corrected chi connectivity index (χ1v) is 11.1. The smallest absolute Gasteiger partial charge is 0.270 e. The molecule has 0 spiro atoms. The van der Waals surface area contributed by atoms with Gasteiger partial charge in [0.05, 0.1) is 16.4 Å². The summed E-state index contributed by atoms with van der Waals surface area (Å²) in [6, 6.07) is 8.71. The number of hydrazone groups is 1. The van der Waals surface area contributed by atoms with E-state index in [2.05, 4.69) is 27.3 Å². The number of anilines is 1. The quantitative estimate of drug-likeness (QED) is 0.755. The van der Waals surface area contributed by atoms with Gasteiger partial charge in [0.25, 0.3) is 5.91 Å².